The summed E-state index contributed by atoms with van der Waals surface area (Å²) in [7, 11) is 1.64. The smallest absolute Gasteiger partial charge is 0.283 e. The third-order valence-electron chi connectivity index (χ3n) is 4.71. The van der Waals surface area contributed by atoms with Gasteiger partial charge < -0.3 is 9.30 Å². The summed E-state index contributed by atoms with van der Waals surface area (Å²) in [6.45, 7) is 4.00. The third kappa shape index (κ3) is 3.40. The predicted molar refractivity (Wildman–Crippen MR) is 120 cm³/mol. The van der Waals surface area contributed by atoms with Gasteiger partial charge in [-0.1, -0.05) is 0 Å². The number of aliphatic imine (C=N–C) groups is 1. The van der Waals surface area contributed by atoms with E-state index in [0.717, 1.165) is 32.8 Å². The average molecular weight is 426 g/mol. The van der Waals surface area contributed by atoms with E-state index in [9.17, 15) is 4.79 Å². The summed E-state index contributed by atoms with van der Waals surface area (Å²) in [5, 5.41) is 14.7. The molecule has 0 spiro atoms. The molecule has 9 heteroatoms. The zero-order valence-corrected chi connectivity index (χ0v) is 18.0. The standard InChI is InChI=1S/C20H19N5O2S2/c1-11-9-13(12(2)24(11)14-5-7-15(27-3)8-6-14)10-16-17(21)25-19(22-18(16)26)29-20(23-25)28-4/h5-10,21H,1-4H3/b16-10-,21-17?. The number of thioether (sulfide) groups is 2. The quantitative estimate of drug-likeness (QED) is 0.751. The number of carbonyl (C=O) groups is 1. The minimum atomic E-state index is -0.416. The number of hydrogen-bond donors (Lipinski definition) is 1. The molecule has 1 aromatic heterocycles. The second-order valence-electron chi connectivity index (χ2n) is 6.45. The lowest BCUT2D eigenvalue weighted by Gasteiger charge is -2.20. The van der Waals surface area contributed by atoms with Crippen molar-refractivity contribution < 1.29 is 9.53 Å². The molecule has 2 aliphatic rings. The maximum Gasteiger partial charge on any atom is 0.283 e. The number of amides is 1. The van der Waals surface area contributed by atoms with E-state index >= 15 is 0 Å². The van der Waals surface area contributed by atoms with Crippen LogP contribution in [0.5, 0.6) is 5.75 Å². The number of fused-ring (bicyclic) bond motifs is 1. The molecule has 29 heavy (non-hydrogen) atoms. The first-order valence-corrected chi connectivity index (χ1v) is 10.8. The fraction of sp³-hybridized carbons (Fsp3) is 0.200. The van der Waals surface area contributed by atoms with E-state index in [-0.39, 0.29) is 11.4 Å². The van der Waals surface area contributed by atoms with E-state index in [2.05, 4.69) is 14.7 Å². The van der Waals surface area contributed by atoms with Gasteiger partial charge in [-0.05, 0) is 73.8 Å². The van der Waals surface area contributed by atoms with E-state index in [1.165, 1.54) is 28.5 Å². The molecule has 4 rings (SSSR count). The molecule has 2 aliphatic heterocycles. The molecule has 0 unspecified atom stereocenters. The minimum Gasteiger partial charge on any atom is -0.497 e. The molecule has 3 heterocycles. The molecule has 148 valence electrons. The van der Waals surface area contributed by atoms with E-state index in [4.69, 9.17) is 10.1 Å². The maximum atomic E-state index is 12.6. The molecule has 7 nitrogen and oxygen atoms in total. The van der Waals surface area contributed by atoms with Gasteiger partial charge in [-0.2, -0.15) is 10.0 Å². The first-order chi connectivity index (χ1) is 13.9. The van der Waals surface area contributed by atoms with E-state index in [1.807, 2.05) is 50.4 Å². The maximum absolute atomic E-state index is 12.6. The van der Waals surface area contributed by atoms with Gasteiger partial charge in [-0.25, -0.2) is 0 Å². The van der Waals surface area contributed by atoms with Crippen molar-refractivity contribution in [2.45, 2.75) is 13.8 Å². The Labute approximate surface area is 177 Å². The number of aryl methyl sites for hydroxylation is 1. The number of rotatable bonds is 3. The van der Waals surface area contributed by atoms with Gasteiger partial charge in [0.05, 0.1) is 12.7 Å². The van der Waals surface area contributed by atoms with Gasteiger partial charge in [0.15, 0.2) is 10.2 Å². The summed E-state index contributed by atoms with van der Waals surface area (Å²) >= 11 is 2.77. The highest BCUT2D eigenvalue weighted by atomic mass is 32.2. The van der Waals surface area contributed by atoms with Gasteiger partial charge in [-0.15, -0.1) is 16.9 Å². The molecule has 1 aromatic carbocycles. The monoisotopic (exact) mass is 425 g/mol. The number of carbonyl (C=O) groups excluding carboxylic acids is 1. The van der Waals surface area contributed by atoms with Crippen LogP contribution in [-0.4, -0.2) is 44.2 Å². The van der Waals surface area contributed by atoms with E-state index in [1.54, 1.807) is 13.2 Å². The molecule has 0 radical (unpaired) electrons. The van der Waals surface area contributed by atoms with Crippen LogP contribution in [0.25, 0.3) is 11.8 Å². The number of ether oxygens (including phenoxy) is 1. The fourth-order valence-corrected chi connectivity index (χ4v) is 4.62. The zero-order valence-electron chi connectivity index (χ0n) is 16.4. The fourth-order valence-electron chi connectivity index (χ4n) is 3.27. The predicted octanol–water partition coefficient (Wildman–Crippen LogP) is 4.04. The molecule has 0 bridgehead atoms. The summed E-state index contributed by atoms with van der Waals surface area (Å²) in [5.74, 6) is 0.425. The second-order valence-corrected chi connectivity index (χ2v) is 8.46. The Morgan fingerprint density at radius 1 is 1.24 bits per heavy atom. The topological polar surface area (TPSA) is 83.0 Å². The van der Waals surface area contributed by atoms with Gasteiger partial charge in [0, 0.05) is 17.1 Å². The first-order valence-electron chi connectivity index (χ1n) is 8.80. The Morgan fingerprint density at radius 3 is 2.62 bits per heavy atom. The van der Waals surface area contributed by atoms with Crippen LogP contribution in [-0.2, 0) is 4.79 Å². The number of hydrogen-bond acceptors (Lipinski definition) is 6. The van der Waals surface area contributed by atoms with Gasteiger partial charge in [0.1, 0.15) is 5.75 Å². The molecule has 0 aliphatic carbocycles. The normalized spacial score (nSPS) is 17.5. The number of benzene rings is 1. The van der Waals surface area contributed by atoms with E-state index < -0.39 is 5.91 Å². The highest BCUT2D eigenvalue weighted by molar-refractivity contribution is 8.45. The van der Waals surface area contributed by atoms with Crippen molar-refractivity contribution in [3.8, 4) is 11.4 Å². The van der Waals surface area contributed by atoms with Crippen molar-refractivity contribution in [3.63, 3.8) is 0 Å². The third-order valence-corrected chi connectivity index (χ3v) is 6.60. The lowest BCUT2D eigenvalue weighted by molar-refractivity contribution is -0.114. The Balaban J connectivity index is 1.73. The van der Waals surface area contributed by atoms with Gasteiger partial charge in [-0.3, -0.25) is 10.2 Å². The van der Waals surface area contributed by atoms with Gasteiger partial charge in [0.25, 0.3) is 5.91 Å². The summed E-state index contributed by atoms with van der Waals surface area (Å²) in [5.41, 5.74) is 4.10. The van der Waals surface area contributed by atoms with Crippen LogP contribution in [0.4, 0.5) is 0 Å². The van der Waals surface area contributed by atoms with Crippen LogP contribution in [0, 0.1) is 19.3 Å². The number of nitrogens with one attached hydrogen (secondary N) is 1. The van der Waals surface area contributed by atoms with Gasteiger partial charge in [0.2, 0.25) is 5.17 Å². The molecule has 0 fully saturated rings. The largest absolute Gasteiger partial charge is 0.497 e. The van der Waals surface area contributed by atoms with Crippen LogP contribution in [0.1, 0.15) is 17.0 Å². The van der Waals surface area contributed by atoms with Crippen molar-refractivity contribution in [2.24, 2.45) is 10.1 Å². The summed E-state index contributed by atoms with van der Waals surface area (Å²) in [6.07, 6.45) is 3.63. The highest BCUT2D eigenvalue weighted by Gasteiger charge is 2.35. The lowest BCUT2D eigenvalue weighted by atomic mass is 10.1. The number of methoxy groups -OCH3 is 1. The number of aromatic nitrogens is 1. The summed E-state index contributed by atoms with van der Waals surface area (Å²) in [4.78, 5) is 16.7. The number of hydrazone groups is 1. The van der Waals surface area contributed by atoms with Crippen LogP contribution in [0.3, 0.4) is 0 Å². The van der Waals surface area contributed by atoms with Crippen molar-refractivity contribution in [2.75, 3.05) is 13.4 Å². The van der Waals surface area contributed by atoms with Crippen molar-refractivity contribution in [3.05, 3.63) is 52.9 Å². The molecule has 0 saturated carbocycles. The molecule has 1 amide bonds. The molecule has 0 saturated heterocycles. The van der Waals surface area contributed by atoms with Crippen molar-refractivity contribution in [1.82, 2.24) is 9.58 Å². The molecular formula is C20H19N5O2S2. The Morgan fingerprint density at radius 2 is 1.97 bits per heavy atom. The number of amidine groups is 2. The zero-order chi connectivity index (χ0) is 20.7. The molecule has 0 atom stereocenters. The Bertz CT molecular complexity index is 1110. The first kappa shape index (κ1) is 19.5. The van der Waals surface area contributed by atoms with Crippen LogP contribution < -0.4 is 4.74 Å². The molecular weight excluding hydrogens is 406 g/mol. The highest BCUT2D eigenvalue weighted by Crippen LogP contribution is 2.32. The molecule has 2 aromatic rings. The summed E-state index contributed by atoms with van der Waals surface area (Å²) in [6, 6.07) is 9.80. The average Bonchev–Trinajstić information content (AvgIpc) is 3.25. The molecule has 1 N–H and O–H groups in total. The summed E-state index contributed by atoms with van der Waals surface area (Å²) < 4.78 is 8.10. The van der Waals surface area contributed by atoms with Crippen molar-refractivity contribution >= 4 is 50.9 Å². The van der Waals surface area contributed by atoms with Gasteiger partial charge >= 0.3 is 0 Å². The SMILES string of the molecule is COc1ccc(-n2c(C)cc(/C=C3/C(=N)N4N=C(SC)SC4=NC3=O)c2C)cc1. The minimum absolute atomic E-state index is 0.0470. The Kier molecular flexibility index (Phi) is 5.10. The van der Waals surface area contributed by atoms with Crippen LogP contribution >= 0.6 is 23.5 Å². The van der Waals surface area contributed by atoms with Crippen LogP contribution in [0.2, 0.25) is 0 Å². The lowest BCUT2D eigenvalue weighted by Crippen LogP contribution is -2.35. The second kappa shape index (κ2) is 7.57. The number of nitrogens with zero attached hydrogens (tertiary/aromatic N) is 4. The Hall–Kier alpha value is -2.78. The van der Waals surface area contributed by atoms with Crippen molar-refractivity contribution in [1.29, 1.82) is 5.41 Å². The van der Waals surface area contributed by atoms with Crippen LogP contribution in [0.15, 0.2) is 46.0 Å². The van der Waals surface area contributed by atoms with E-state index in [0.29, 0.717) is 5.17 Å².